The van der Waals surface area contributed by atoms with Crippen molar-refractivity contribution in [1.29, 1.82) is 0 Å². The maximum Gasteiger partial charge on any atom is 0.165 e. The lowest BCUT2D eigenvalue weighted by molar-refractivity contribution is 0.201. The van der Waals surface area contributed by atoms with Crippen molar-refractivity contribution in [2.45, 2.75) is 39.3 Å². The molecule has 194 valence electrons. The summed E-state index contributed by atoms with van der Waals surface area (Å²) in [5.74, 6) is 1.17. The minimum absolute atomic E-state index is 0.271. The fourth-order valence-corrected chi connectivity index (χ4v) is 5.00. The Morgan fingerprint density at radius 3 is 2.42 bits per heavy atom. The molecule has 1 atom stereocenters. The van der Waals surface area contributed by atoms with E-state index in [9.17, 15) is 0 Å². The summed E-state index contributed by atoms with van der Waals surface area (Å²) in [4.78, 5) is 16.7. The first-order valence-electron chi connectivity index (χ1n) is 13.4. The number of nitrogen functional groups attached to an aromatic ring is 1. The van der Waals surface area contributed by atoms with Crippen molar-refractivity contribution in [3.63, 3.8) is 0 Å². The fraction of sp³-hybridized carbons (Fsp3) is 0.258. The average molecular weight is 506 g/mol. The predicted molar refractivity (Wildman–Crippen MR) is 156 cm³/mol. The van der Waals surface area contributed by atoms with E-state index in [0.717, 1.165) is 72.0 Å². The van der Waals surface area contributed by atoms with Gasteiger partial charge in [-0.15, -0.1) is 0 Å². The first-order valence-corrected chi connectivity index (χ1v) is 13.4. The maximum absolute atomic E-state index is 6.28. The molecule has 3 aromatic heterocycles. The first-order chi connectivity index (χ1) is 18.7. The van der Waals surface area contributed by atoms with E-state index in [4.69, 9.17) is 21.4 Å². The highest BCUT2D eigenvalue weighted by molar-refractivity contribution is 5.84. The number of imidazole rings is 1. The second-order valence-electron chi connectivity index (χ2n) is 9.42. The molecule has 1 aliphatic rings. The van der Waals surface area contributed by atoms with Crippen LogP contribution in [0.15, 0.2) is 85.1 Å². The van der Waals surface area contributed by atoms with E-state index < -0.39 is 0 Å². The Morgan fingerprint density at radius 1 is 0.895 bits per heavy atom. The molecule has 1 unspecified atom stereocenters. The number of pyridine rings is 2. The second-order valence-corrected chi connectivity index (χ2v) is 9.42. The van der Waals surface area contributed by atoms with Crippen LogP contribution in [0.1, 0.15) is 32.3 Å². The van der Waals surface area contributed by atoms with Gasteiger partial charge in [0.25, 0.3) is 0 Å². The topological polar surface area (TPSA) is 98.9 Å². The van der Waals surface area contributed by atoms with Crippen molar-refractivity contribution in [3.05, 3.63) is 90.6 Å². The van der Waals surface area contributed by atoms with Gasteiger partial charge in [0.1, 0.15) is 11.3 Å². The van der Waals surface area contributed by atoms with E-state index in [1.807, 2.05) is 56.3 Å². The van der Waals surface area contributed by atoms with Gasteiger partial charge in [0.15, 0.2) is 11.5 Å². The normalized spacial score (nSPS) is 15.7. The van der Waals surface area contributed by atoms with Crippen LogP contribution in [0.5, 0.6) is 0 Å². The van der Waals surface area contributed by atoms with E-state index in [0.29, 0.717) is 5.82 Å². The summed E-state index contributed by atoms with van der Waals surface area (Å²) in [7, 11) is 0. The van der Waals surface area contributed by atoms with Crippen LogP contribution in [-0.4, -0.2) is 43.6 Å². The van der Waals surface area contributed by atoms with Crippen LogP contribution in [0.3, 0.4) is 0 Å². The fourth-order valence-electron chi connectivity index (χ4n) is 5.00. The summed E-state index contributed by atoms with van der Waals surface area (Å²) in [5.41, 5.74) is 19.0. The molecule has 6 rings (SSSR count). The summed E-state index contributed by atoms with van der Waals surface area (Å²) >= 11 is 0. The zero-order valence-corrected chi connectivity index (χ0v) is 22.1. The summed E-state index contributed by atoms with van der Waals surface area (Å²) < 4.78 is 2.08. The molecule has 7 heteroatoms. The van der Waals surface area contributed by atoms with Crippen LogP contribution in [0.25, 0.3) is 39.5 Å². The molecular weight excluding hydrogens is 470 g/mol. The number of piperidine rings is 1. The van der Waals surface area contributed by atoms with E-state index in [1.165, 1.54) is 5.56 Å². The van der Waals surface area contributed by atoms with E-state index in [2.05, 4.69) is 50.8 Å². The molecule has 1 aliphatic heterocycles. The Kier molecular flexibility index (Phi) is 7.77. The zero-order valence-electron chi connectivity index (χ0n) is 22.1. The van der Waals surface area contributed by atoms with Crippen molar-refractivity contribution in [2.24, 2.45) is 5.73 Å². The SMILES string of the molecule is CC.Nc1ncccc1-c1nc2ccc(-c3ccccc3)nc2n1-c1ccc(CN2CCCC(N)C2)cc1. The van der Waals surface area contributed by atoms with Gasteiger partial charge < -0.3 is 11.5 Å². The number of nitrogens with zero attached hydrogens (tertiary/aromatic N) is 5. The largest absolute Gasteiger partial charge is 0.383 e. The summed E-state index contributed by atoms with van der Waals surface area (Å²) in [6, 6.07) is 26.9. The third-order valence-electron chi connectivity index (χ3n) is 6.80. The number of nitrogens with two attached hydrogens (primary N) is 2. The third kappa shape index (κ3) is 5.30. The maximum atomic E-state index is 6.28. The Hall–Kier alpha value is -4.07. The number of hydrogen-bond donors (Lipinski definition) is 2. The van der Waals surface area contributed by atoms with Crippen molar-refractivity contribution < 1.29 is 0 Å². The van der Waals surface area contributed by atoms with Crippen molar-refractivity contribution >= 4 is 17.0 Å². The minimum Gasteiger partial charge on any atom is -0.383 e. The van der Waals surface area contributed by atoms with Gasteiger partial charge in [-0.25, -0.2) is 15.0 Å². The van der Waals surface area contributed by atoms with Crippen molar-refractivity contribution in [3.8, 4) is 28.3 Å². The lowest BCUT2D eigenvalue weighted by Gasteiger charge is -2.30. The number of fused-ring (bicyclic) bond motifs is 1. The molecule has 0 aliphatic carbocycles. The molecule has 0 spiro atoms. The monoisotopic (exact) mass is 505 g/mol. The summed E-state index contributed by atoms with van der Waals surface area (Å²) in [6.45, 7) is 6.94. The lowest BCUT2D eigenvalue weighted by atomic mass is 10.1. The smallest absolute Gasteiger partial charge is 0.165 e. The molecule has 5 aromatic rings. The number of aromatic nitrogens is 4. The lowest BCUT2D eigenvalue weighted by Crippen LogP contribution is -2.42. The molecule has 0 bridgehead atoms. The molecule has 0 radical (unpaired) electrons. The van der Waals surface area contributed by atoms with Gasteiger partial charge in [0.05, 0.1) is 11.3 Å². The summed E-state index contributed by atoms with van der Waals surface area (Å²) in [6.07, 6.45) is 3.96. The Morgan fingerprint density at radius 2 is 1.68 bits per heavy atom. The molecule has 4 heterocycles. The van der Waals surface area contributed by atoms with Crippen molar-refractivity contribution in [2.75, 3.05) is 18.8 Å². The molecule has 4 N–H and O–H groups in total. The van der Waals surface area contributed by atoms with Gasteiger partial charge >= 0.3 is 0 Å². The Labute approximate surface area is 224 Å². The highest BCUT2D eigenvalue weighted by Crippen LogP contribution is 2.31. The van der Waals surface area contributed by atoms with Gasteiger partial charge in [0.2, 0.25) is 0 Å². The second kappa shape index (κ2) is 11.5. The number of rotatable bonds is 5. The molecule has 1 fully saturated rings. The zero-order chi connectivity index (χ0) is 26.5. The predicted octanol–water partition coefficient (Wildman–Crippen LogP) is 5.68. The molecular formula is C31H35N7. The molecule has 2 aromatic carbocycles. The highest BCUT2D eigenvalue weighted by Gasteiger charge is 2.20. The molecule has 38 heavy (non-hydrogen) atoms. The van der Waals surface area contributed by atoms with Crippen LogP contribution >= 0.6 is 0 Å². The van der Waals surface area contributed by atoms with E-state index in [-0.39, 0.29) is 6.04 Å². The molecule has 7 nitrogen and oxygen atoms in total. The van der Waals surface area contributed by atoms with Gasteiger partial charge in [-0.2, -0.15) is 0 Å². The van der Waals surface area contributed by atoms with E-state index >= 15 is 0 Å². The standard InChI is InChI=1S/C29H29N7.C2H6/c30-22-8-5-17-35(19-22)18-20-10-12-23(13-11-20)36-28(24-9-4-16-32-27(24)31)34-26-15-14-25(33-29(26)36)21-6-2-1-3-7-21;1-2/h1-4,6-7,9-16,22H,5,8,17-19,30H2,(H2,31,32);1-2H3. The van der Waals surface area contributed by atoms with Gasteiger partial charge in [-0.3, -0.25) is 9.47 Å². The first kappa shape index (κ1) is 25.6. The minimum atomic E-state index is 0.271. The van der Waals surface area contributed by atoms with Crippen LogP contribution in [0.4, 0.5) is 5.82 Å². The van der Waals surface area contributed by atoms with Crippen LogP contribution < -0.4 is 11.5 Å². The Bertz CT molecular complexity index is 1490. The number of hydrogen-bond acceptors (Lipinski definition) is 6. The van der Waals surface area contributed by atoms with Crippen LogP contribution in [0, 0.1) is 0 Å². The van der Waals surface area contributed by atoms with E-state index in [1.54, 1.807) is 6.20 Å². The highest BCUT2D eigenvalue weighted by atomic mass is 15.2. The number of likely N-dealkylation sites (tertiary alicyclic amines) is 1. The number of benzene rings is 2. The quantitative estimate of drug-likeness (QED) is 0.319. The molecule has 0 amide bonds. The van der Waals surface area contributed by atoms with Gasteiger partial charge in [0, 0.05) is 36.6 Å². The molecule has 1 saturated heterocycles. The third-order valence-corrected chi connectivity index (χ3v) is 6.80. The molecule has 0 saturated carbocycles. The number of anilines is 1. The van der Waals surface area contributed by atoms with Gasteiger partial charge in [-0.05, 0) is 61.3 Å². The average Bonchev–Trinajstić information content (AvgIpc) is 3.34. The van der Waals surface area contributed by atoms with Crippen molar-refractivity contribution in [1.82, 2.24) is 24.4 Å². The Balaban J connectivity index is 0.00000144. The van der Waals surface area contributed by atoms with Crippen LogP contribution in [-0.2, 0) is 6.54 Å². The van der Waals surface area contributed by atoms with Gasteiger partial charge in [-0.1, -0.05) is 56.3 Å². The van der Waals surface area contributed by atoms with Crippen LogP contribution in [0.2, 0.25) is 0 Å². The summed E-state index contributed by atoms with van der Waals surface area (Å²) in [5, 5.41) is 0.